The third kappa shape index (κ3) is 3.30. The topological polar surface area (TPSA) is 59.6 Å². The second-order valence-electron chi connectivity index (χ2n) is 7.27. The summed E-state index contributed by atoms with van der Waals surface area (Å²) in [5, 5.41) is 6.03. The molecule has 1 aromatic carbocycles. The standard InChI is InChI=1S/C19H26N2O3/c22-18(20-14-7-3-1-2-4-8-14)21-15-9-10-16-17(13-15)24-19(23-16)11-5-6-12-19/h9-10,13-14H,1-8,11-12H2,(H2,20,21,22). The summed E-state index contributed by atoms with van der Waals surface area (Å²) >= 11 is 0. The molecule has 0 bridgehead atoms. The Balaban J connectivity index is 1.36. The summed E-state index contributed by atoms with van der Waals surface area (Å²) in [5.41, 5.74) is 0.749. The van der Waals surface area contributed by atoms with Gasteiger partial charge in [0.25, 0.3) is 5.79 Å². The second-order valence-corrected chi connectivity index (χ2v) is 7.27. The minimum Gasteiger partial charge on any atom is -0.448 e. The summed E-state index contributed by atoms with van der Waals surface area (Å²) in [5.74, 6) is 1.07. The summed E-state index contributed by atoms with van der Waals surface area (Å²) in [7, 11) is 0. The van der Waals surface area contributed by atoms with Crippen LogP contribution < -0.4 is 20.1 Å². The minimum atomic E-state index is -0.455. The highest BCUT2D eigenvalue weighted by Crippen LogP contribution is 2.47. The lowest BCUT2D eigenvalue weighted by Crippen LogP contribution is -2.37. The molecule has 1 spiro atoms. The zero-order chi connectivity index (χ0) is 16.4. The largest absolute Gasteiger partial charge is 0.448 e. The van der Waals surface area contributed by atoms with Gasteiger partial charge in [0.1, 0.15) is 0 Å². The number of carbonyl (C=O) groups is 1. The molecule has 5 nitrogen and oxygen atoms in total. The van der Waals surface area contributed by atoms with Crippen LogP contribution in [0.25, 0.3) is 0 Å². The SMILES string of the molecule is O=C(Nc1ccc2c(c1)OC1(CCCC1)O2)NC1CCCCCC1. The van der Waals surface area contributed by atoms with Gasteiger partial charge < -0.3 is 20.1 Å². The molecule has 4 rings (SSSR count). The Morgan fingerprint density at radius 3 is 2.42 bits per heavy atom. The molecule has 2 fully saturated rings. The molecule has 2 N–H and O–H groups in total. The number of hydrogen-bond donors (Lipinski definition) is 2. The maximum atomic E-state index is 12.2. The van der Waals surface area contributed by atoms with Crippen molar-refractivity contribution >= 4 is 11.7 Å². The first-order valence-electron chi connectivity index (χ1n) is 9.32. The fraction of sp³-hybridized carbons (Fsp3) is 0.632. The Bertz CT molecular complexity index is 603. The van der Waals surface area contributed by atoms with Crippen LogP contribution in [0.15, 0.2) is 18.2 Å². The van der Waals surface area contributed by atoms with E-state index in [0.29, 0.717) is 6.04 Å². The zero-order valence-corrected chi connectivity index (χ0v) is 14.1. The van der Waals surface area contributed by atoms with Gasteiger partial charge in [0.15, 0.2) is 11.5 Å². The van der Waals surface area contributed by atoms with E-state index >= 15 is 0 Å². The minimum absolute atomic E-state index is 0.128. The lowest BCUT2D eigenvalue weighted by Gasteiger charge is -2.21. The quantitative estimate of drug-likeness (QED) is 0.781. The molecular formula is C19H26N2O3. The molecule has 0 unspecified atom stereocenters. The molecule has 0 radical (unpaired) electrons. The van der Waals surface area contributed by atoms with Gasteiger partial charge >= 0.3 is 6.03 Å². The number of carbonyl (C=O) groups excluding carboxylic acids is 1. The van der Waals surface area contributed by atoms with Gasteiger partial charge in [-0.15, -0.1) is 0 Å². The van der Waals surface area contributed by atoms with Crippen LogP contribution in [0.3, 0.4) is 0 Å². The Labute approximate surface area is 143 Å². The molecule has 0 atom stereocenters. The molecule has 2 amide bonds. The first-order valence-corrected chi connectivity index (χ1v) is 9.32. The molecule has 2 saturated carbocycles. The van der Waals surface area contributed by atoms with Crippen molar-refractivity contribution in [2.75, 3.05) is 5.32 Å². The van der Waals surface area contributed by atoms with Gasteiger partial charge in [-0.25, -0.2) is 4.79 Å². The van der Waals surface area contributed by atoms with Gasteiger partial charge in [-0.3, -0.25) is 0 Å². The van der Waals surface area contributed by atoms with Crippen molar-refractivity contribution in [3.63, 3.8) is 0 Å². The number of nitrogens with one attached hydrogen (secondary N) is 2. The van der Waals surface area contributed by atoms with Gasteiger partial charge in [-0.2, -0.15) is 0 Å². The molecule has 24 heavy (non-hydrogen) atoms. The number of amides is 2. The fourth-order valence-electron chi connectivity index (χ4n) is 4.07. The fourth-order valence-corrected chi connectivity index (χ4v) is 4.07. The Kier molecular flexibility index (Phi) is 4.25. The molecule has 130 valence electrons. The van der Waals surface area contributed by atoms with Crippen LogP contribution >= 0.6 is 0 Å². The van der Waals surface area contributed by atoms with Crippen molar-refractivity contribution in [1.82, 2.24) is 5.32 Å². The first kappa shape index (κ1) is 15.6. The number of urea groups is 1. The predicted octanol–water partition coefficient (Wildman–Crippen LogP) is 4.57. The maximum Gasteiger partial charge on any atom is 0.319 e. The predicted molar refractivity (Wildman–Crippen MR) is 92.5 cm³/mol. The van der Waals surface area contributed by atoms with Crippen LogP contribution in [0.5, 0.6) is 11.5 Å². The Morgan fingerprint density at radius 2 is 1.67 bits per heavy atom. The molecule has 1 aromatic rings. The van der Waals surface area contributed by atoms with Gasteiger partial charge in [-0.05, 0) is 37.8 Å². The third-order valence-electron chi connectivity index (χ3n) is 5.35. The number of hydrogen-bond acceptors (Lipinski definition) is 3. The second kappa shape index (κ2) is 6.54. The van der Waals surface area contributed by atoms with E-state index in [9.17, 15) is 4.79 Å². The van der Waals surface area contributed by atoms with E-state index in [1.54, 1.807) is 0 Å². The van der Waals surface area contributed by atoms with E-state index in [2.05, 4.69) is 10.6 Å². The van der Waals surface area contributed by atoms with Crippen LogP contribution in [0.4, 0.5) is 10.5 Å². The third-order valence-corrected chi connectivity index (χ3v) is 5.35. The molecule has 1 aliphatic heterocycles. The van der Waals surface area contributed by atoms with Crippen molar-refractivity contribution in [2.45, 2.75) is 76.0 Å². The van der Waals surface area contributed by atoms with E-state index in [0.717, 1.165) is 55.7 Å². The number of rotatable bonds is 2. The monoisotopic (exact) mass is 330 g/mol. The number of ether oxygens (including phenoxy) is 2. The van der Waals surface area contributed by atoms with Crippen molar-refractivity contribution in [3.8, 4) is 11.5 Å². The summed E-state index contributed by atoms with van der Waals surface area (Å²) in [6.07, 6.45) is 11.3. The molecule has 3 aliphatic rings. The normalized spacial score (nSPS) is 22.3. The van der Waals surface area contributed by atoms with Crippen LogP contribution in [0, 0.1) is 0 Å². The smallest absolute Gasteiger partial charge is 0.319 e. The van der Waals surface area contributed by atoms with E-state index in [4.69, 9.17) is 9.47 Å². The molecule has 2 aliphatic carbocycles. The van der Waals surface area contributed by atoms with Crippen LogP contribution in [0.2, 0.25) is 0 Å². The van der Waals surface area contributed by atoms with Crippen LogP contribution in [-0.2, 0) is 0 Å². The number of anilines is 1. The first-order chi connectivity index (χ1) is 11.7. The van der Waals surface area contributed by atoms with E-state index in [-0.39, 0.29) is 6.03 Å². The lowest BCUT2D eigenvalue weighted by molar-refractivity contribution is -0.0716. The van der Waals surface area contributed by atoms with Crippen molar-refractivity contribution in [1.29, 1.82) is 0 Å². The molecule has 0 saturated heterocycles. The summed E-state index contributed by atoms with van der Waals surface area (Å²) in [4.78, 5) is 12.2. The molecule has 0 aromatic heterocycles. The average molecular weight is 330 g/mol. The summed E-state index contributed by atoms with van der Waals surface area (Å²) in [6, 6.07) is 5.81. The highest BCUT2D eigenvalue weighted by Gasteiger charge is 2.44. The van der Waals surface area contributed by atoms with Gasteiger partial charge in [-0.1, -0.05) is 25.7 Å². The highest BCUT2D eigenvalue weighted by molar-refractivity contribution is 5.89. The van der Waals surface area contributed by atoms with Gasteiger partial charge in [0.2, 0.25) is 0 Å². The van der Waals surface area contributed by atoms with Crippen LogP contribution in [-0.4, -0.2) is 17.9 Å². The van der Waals surface area contributed by atoms with Crippen molar-refractivity contribution < 1.29 is 14.3 Å². The number of fused-ring (bicyclic) bond motifs is 1. The van der Waals surface area contributed by atoms with Crippen molar-refractivity contribution in [3.05, 3.63) is 18.2 Å². The molecule has 5 heteroatoms. The Morgan fingerprint density at radius 1 is 0.958 bits per heavy atom. The van der Waals surface area contributed by atoms with E-state index in [1.807, 2.05) is 18.2 Å². The lowest BCUT2D eigenvalue weighted by atomic mass is 10.1. The van der Waals surface area contributed by atoms with Gasteiger partial charge in [0.05, 0.1) is 0 Å². The maximum absolute atomic E-state index is 12.2. The average Bonchev–Trinajstić information content (AvgIpc) is 3.06. The summed E-state index contributed by atoms with van der Waals surface area (Å²) in [6.45, 7) is 0. The molecule has 1 heterocycles. The highest BCUT2D eigenvalue weighted by atomic mass is 16.7. The van der Waals surface area contributed by atoms with E-state index < -0.39 is 5.79 Å². The number of benzene rings is 1. The van der Waals surface area contributed by atoms with Crippen molar-refractivity contribution in [2.24, 2.45) is 0 Å². The Hall–Kier alpha value is -1.91. The van der Waals surface area contributed by atoms with Crippen LogP contribution in [0.1, 0.15) is 64.2 Å². The molecular weight excluding hydrogens is 304 g/mol. The van der Waals surface area contributed by atoms with Gasteiger partial charge in [0, 0.05) is 30.6 Å². The summed E-state index contributed by atoms with van der Waals surface area (Å²) < 4.78 is 12.1. The van der Waals surface area contributed by atoms with E-state index in [1.165, 1.54) is 25.7 Å². The zero-order valence-electron chi connectivity index (χ0n) is 14.1.